The van der Waals surface area contributed by atoms with Crippen LogP contribution in [0.5, 0.6) is 0 Å². The Labute approximate surface area is 133 Å². The van der Waals surface area contributed by atoms with Gasteiger partial charge in [0.25, 0.3) is 0 Å². The predicted molar refractivity (Wildman–Crippen MR) is 88.0 cm³/mol. The fourth-order valence-corrected chi connectivity index (χ4v) is 2.68. The molecule has 0 unspecified atom stereocenters. The molecule has 1 N–H and O–H groups in total. The van der Waals surface area contributed by atoms with Gasteiger partial charge in [0.15, 0.2) is 0 Å². The van der Waals surface area contributed by atoms with Gasteiger partial charge < -0.3 is 10.2 Å². The van der Waals surface area contributed by atoms with Crippen molar-refractivity contribution in [2.24, 2.45) is 0 Å². The van der Waals surface area contributed by atoms with Gasteiger partial charge in [0.1, 0.15) is 0 Å². The van der Waals surface area contributed by atoms with Crippen molar-refractivity contribution in [2.75, 3.05) is 40.0 Å². The van der Waals surface area contributed by atoms with E-state index in [1.807, 2.05) is 50.2 Å². The molecule has 0 saturated carbocycles. The van der Waals surface area contributed by atoms with Crippen LogP contribution in [0.15, 0.2) is 24.3 Å². The van der Waals surface area contributed by atoms with E-state index in [-0.39, 0.29) is 12.5 Å². The second-order valence-electron chi connectivity index (χ2n) is 5.67. The maximum Gasteiger partial charge on any atom is 0.235 e. The molecule has 1 rings (SSSR count). The molecule has 0 fully saturated rings. The number of likely N-dealkylation sites (N-methyl/N-ethyl adjacent to an activating group) is 1. The first-order valence-electron chi connectivity index (χ1n) is 7.10. The summed E-state index contributed by atoms with van der Waals surface area (Å²) in [5.74, 6) is -0.300. The zero-order valence-corrected chi connectivity index (χ0v) is 14.5. The molecule has 1 aromatic carbocycles. The van der Waals surface area contributed by atoms with Gasteiger partial charge in [0, 0.05) is 19.6 Å². The molecule has 0 aliphatic rings. The SMILES string of the molecule is Cc1cccc(CNC(=O)CN(CCN(C)C)S(C)(=O)=O)c1. The summed E-state index contributed by atoms with van der Waals surface area (Å²) in [4.78, 5) is 13.9. The highest BCUT2D eigenvalue weighted by atomic mass is 32.2. The number of hydrogen-bond donors (Lipinski definition) is 1. The van der Waals surface area contributed by atoms with E-state index in [0.717, 1.165) is 17.4 Å². The maximum absolute atomic E-state index is 12.0. The number of hydrogen-bond acceptors (Lipinski definition) is 4. The van der Waals surface area contributed by atoms with E-state index in [1.165, 1.54) is 4.31 Å². The van der Waals surface area contributed by atoms with E-state index in [0.29, 0.717) is 19.6 Å². The average molecular weight is 327 g/mol. The van der Waals surface area contributed by atoms with Crippen LogP contribution >= 0.6 is 0 Å². The van der Waals surface area contributed by atoms with E-state index in [9.17, 15) is 13.2 Å². The van der Waals surface area contributed by atoms with Crippen LogP contribution in [0.2, 0.25) is 0 Å². The first-order valence-corrected chi connectivity index (χ1v) is 8.95. The van der Waals surface area contributed by atoms with E-state index >= 15 is 0 Å². The highest BCUT2D eigenvalue weighted by molar-refractivity contribution is 7.88. The van der Waals surface area contributed by atoms with Crippen molar-refractivity contribution >= 4 is 15.9 Å². The molecule has 0 aromatic heterocycles. The molecule has 1 amide bonds. The number of nitrogens with zero attached hydrogens (tertiary/aromatic N) is 2. The lowest BCUT2D eigenvalue weighted by Gasteiger charge is -2.21. The lowest BCUT2D eigenvalue weighted by Crippen LogP contribution is -2.42. The van der Waals surface area contributed by atoms with Crippen LogP contribution in [-0.2, 0) is 21.4 Å². The number of amides is 1. The van der Waals surface area contributed by atoms with Gasteiger partial charge in [0.2, 0.25) is 15.9 Å². The Hall–Kier alpha value is -1.44. The van der Waals surface area contributed by atoms with Crippen LogP contribution in [0.25, 0.3) is 0 Å². The Morgan fingerprint density at radius 1 is 1.23 bits per heavy atom. The third-order valence-electron chi connectivity index (χ3n) is 3.16. The first kappa shape index (κ1) is 18.6. The fraction of sp³-hybridized carbons (Fsp3) is 0.533. The summed E-state index contributed by atoms with van der Waals surface area (Å²) in [5.41, 5.74) is 2.11. The molecular formula is C15H25N3O3S. The standard InChI is InChI=1S/C15H25N3O3S/c1-13-6-5-7-14(10-13)11-16-15(19)12-18(22(4,20)21)9-8-17(2)3/h5-7,10H,8-9,11-12H2,1-4H3,(H,16,19). The Morgan fingerprint density at radius 2 is 1.91 bits per heavy atom. The molecule has 0 heterocycles. The molecule has 124 valence electrons. The molecule has 6 nitrogen and oxygen atoms in total. The zero-order chi connectivity index (χ0) is 16.8. The van der Waals surface area contributed by atoms with Crippen molar-refractivity contribution in [3.8, 4) is 0 Å². The van der Waals surface area contributed by atoms with Crippen molar-refractivity contribution in [1.29, 1.82) is 0 Å². The van der Waals surface area contributed by atoms with E-state index < -0.39 is 10.0 Å². The number of rotatable bonds is 8. The smallest absolute Gasteiger partial charge is 0.235 e. The fourth-order valence-electron chi connectivity index (χ4n) is 1.91. The van der Waals surface area contributed by atoms with Crippen LogP contribution in [-0.4, -0.2) is 63.5 Å². The minimum Gasteiger partial charge on any atom is -0.351 e. The number of sulfonamides is 1. The molecule has 22 heavy (non-hydrogen) atoms. The third-order valence-corrected chi connectivity index (χ3v) is 4.41. The Morgan fingerprint density at radius 3 is 2.45 bits per heavy atom. The van der Waals surface area contributed by atoms with Crippen molar-refractivity contribution in [1.82, 2.24) is 14.5 Å². The maximum atomic E-state index is 12.0. The highest BCUT2D eigenvalue weighted by Gasteiger charge is 2.19. The number of aryl methyl sites for hydroxylation is 1. The summed E-state index contributed by atoms with van der Waals surface area (Å²) >= 11 is 0. The van der Waals surface area contributed by atoms with Crippen LogP contribution in [0.4, 0.5) is 0 Å². The summed E-state index contributed by atoms with van der Waals surface area (Å²) in [6.07, 6.45) is 1.12. The second-order valence-corrected chi connectivity index (χ2v) is 7.65. The van der Waals surface area contributed by atoms with Gasteiger partial charge >= 0.3 is 0 Å². The predicted octanol–water partition coefficient (Wildman–Crippen LogP) is 0.434. The van der Waals surface area contributed by atoms with Gasteiger partial charge in [-0.3, -0.25) is 4.79 Å². The Kier molecular flexibility index (Phi) is 6.99. The third kappa shape index (κ3) is 7.02. The topological polar surface area (TPSA) is 69.7 Å². The lowest BCUT2D eigenvalue weighted by molar-refractivity contribution is -0.121. The van der Waals surface area contributed by atoms with Crippen molar-refractivity contribution < 1.29 is 13.2 Å². The monoisotopic (exact) mass is 327 g/mol. The average Bonchev–Trinajstić information content (AvgIpc) is 2.39. The minimum absolute atomic E-state index is 0.154. The molecule has 1 aromatic rings. The summed E-state index contributed by atoms with van der Waals surface area (Å²) in [7, 11) is 0.319. The molecule has 0 atom stereocenters. The largest absolute Gasteiger partial charge is 0.351 e. The van der Waals surface area contributed by atoms with Crippen LogP contribution in [0, 0.1) is 6.92 Å². The summed E-state index contributed by atoms with van der Waals surface area (Å²) in [5, 5.41) is 2.76. The van der Waals surface area contributed by atoms with Crippen LogP contribution in [0.3, 0.4) is 0 Å². The number of benzene rings is 1. The zero-order valence-electron chi connectivity index (χ0n) is 13.7. The minimum atomic E-state index is -3.40. The van der Waals surface area contributed by atoms with Gasteiger partial charge in [-0.05, 0) is 26.6 Å². The molecule has 0 bridgehead atoms. The molecule has 0 aliphatic carbocycles. The van der Waals surface area contributed by atoms with E-state index in [1.54, 1.807) is 0 Å². The van der Waals surface area contributed by atoms with Crippen LogP contribution in [0.1, 0.15) is 11.1 Å². The molecule has 0 radical (unpaired) electrons. The van der Waals surface area contributed by atoms with Crippen molar-refractivity contribution in [3.05, 3.63) is 35.4 Å². The summed E-state index contributed by atoms with van der Waals surface area (Å²) in [6, 6.07) is 7.82. The van der Waals surface area contributed by atoms with Gasteiger partial charge in [0.05, 0.1) is 12.8 Å². The Balaban J connectivity index is 2.56. The van der Waals surface area contributed by atoms with Crippen molar-refractivity contribution in [3.63, 3.8) is 0 Å². The van der Waals surface area contributed by atoms with Crippen LogP contribution < -0.4 is 5.32 Å². The first-order chi connectivity index (χ1) is 10.2. The normalized spacial score (nSPS) is 11.9. The molecular weight excluding hydrogens is 302 g/mol. The van der Waals surface area contributed by atoms with E-state index in [2.05, 4.69) is 5.32 Å². The quantitative estimate of drug-likeness (QED) is 0.752. The summed E-state index contributed by atoms with van der Waals surface area (Å²) in [6.45, 7) is 3.09. The molecule has 0 spiro atoms. The van der Waals surface area contributed by atoms with Gasteiger partial charge in [-0.25, -0.2) is 8.42 Å². The van der Waals surface area contributed by atoms with Crippen molar-refractivity contribution in [2.45, 2.75) is 13.5 Å². The number of nitrogens with one attached hydrogen (secondary N) is 1. The van der Waals surface area contributed by atoms with Gasteiger partial charge in [-0.1, -0.05) is 29.8 Å². The summed E-state index contributed by atoms with van der Waals surface area (Å²) < 4.78 is 24.6. The number of carbonyl (C=O) groups excluding carboxylic acids is 1. The van der Waals surface area contributed by atoms with Gasteiger partial charge in [-0.2, -0.15) is 4.31 Å². The lowest BCUT2D eigenvalue weighted by atomic mass is 10.1. The molecule has 0 saturated heterocycles. The van der Waals surface area contributed by atoms with E-state index in [4.69, 9.17) is 0 Å². The number of carbonyl (C=O) groups is 1. The highest BCUT2D eigenvalue weighted by Crippen LogP contribution is 2.03. The molecule has 7 heteroatoms. The second kappa shape index (κ2) is 8.26. The Bertz CT molecular complexity index is 600. The molecule has 0 aliphatic heterocycles. The van der Waals surface area contributed by atoms with Gasteiger partial charge in [-0.15, -0.1) is 0 Å².